The number of nitrogens with one attached hydrogen (secondary N) is 1. The van der Waals surface area contributed by atoms with E-state index in [1.165, 1.54) is 19.2 Å². The zero-order chi connectivity index (χ0) is 14.5. The monoisotopic (exact) mass is 301 g/mol. The molecular formula is C14H17ClFNO3. The SMILES string of the molecule is COC(=O)CCN[C@@H]1CCO[C@H]1c1ccc(Cl)c(F)c1. The molecule has 0 spiro atoms. The lowest BCUT2D eigenvalue weighted by Crippen LogP contribution is -2.33. The third-order valence-electron chi connectivity index (χ3n) is 3.33. The molecule has 6 heteroatoms. The minimum Gasteiger partial charge on any atom is -0.469 e. The van der Waals surface area contributed by atoms with Crippen molar-refractivity contribution >= 4 is 17.6 Å². The van der Waals surface area contributed by atoms with Crippen molar-refractivity contribution in [3.63, 3.8) is 0 Å². The standard InChI is InChI=1S/C14H17ClFNO3/c1-19-13(18)4-6-17-12-5-7-20-14(12)9-2-3-10(15)11(16)8-9/h2-3,8,12,14,17H,4-7H2,1H3/t12-,14+/m1/s1. The van der Waals surface area contributed by atoms with Crippen molar-refractivity contribution in [2.75, 3.05) is 20.3 Å². The van der Waals surface area contributed by atoms with E-state index in [9.17, 15) is 9.18 Å². The number of halogens is 2. The minimum atomic E-state index is -0.451. The van der Waals surface area contributed by atoms with Crippen LogP contribution in [0.25, 0.3) is 0 Å². The van der Waals surface area contributed by atoms with Gasteiger partial charge in [-0.25, -0.2) is 4.39 Å². The highest BCUT2D eigenvalue weighted by molar-refractivity contribution is 6.30. The summed E-state index contributed by atoms with van der Waals surface area (Å²) in [7, 11) is 1.36. The van der Waals surface area contributed by atoms with Crippen LogP contribution in [0, 0.1) is 5.82 Å². The molecular weight excluding hydrogens is 285 g/mol. The lowest BCUT2D eigenvalue weighted by molar-refractivity contribution is -0.140. The number of benzene rings is 1. The molecule has 1 aliphatic rings. The summed E-state index contributed by atoms with van der Waals surface area (Å²) in [6.07, 6.45) is 0.893. The number of methoxy groups -OCH3 is 1. The number of hydrogen-bond donors (Lipinski definition) is 1. The Bertz CT molecular complexity index is 483. The molecule has 0 amide bonds. The van der Waals surface area contributed by atoms with E-state index in [1.54, 1.807) is 6.07 Å². The molecule has 0 unspecified atom stereocenters. The van der Waals surface area contributed by atoms with E-state index in [0.717, 1.165) is 12.0 Å². The molecule has 1 aromatic carbocycles. The molecule has 0 saturated carbocycles. The average molecular weight is 302 g/mol. The van der Waals surface area contributed by atoms with Gasteiger partial charge < -0.3 is 14.8 Å². The van der Waals surface area contributed by atoms with Crippen molar-refractivity contribution in [1.29, 1.82) is 0 Å². The van der Waals surface area contributed by atoms with E-state index in [1.807, 2.05) is 0 Å². The normalized spacial score (nSPS) is 21.9. The van der Waals surface area contributed by atoms with Crippen LogP contribution in [0.5, 0.6) is 0 Å². The van der Waals surface area contributed by atoms with Crippen molar-refractivity contribution in [3.05, 3.63) is 34.6 Å². The largest absolute Gasteiger partial charge is 0.469 e. The zero-order valence-electron chi connectivity index (χ0n) is 11.2. The first kappa shape index (κ1) is 15.2. The minimum absolute atomic E-state index is 0.0558. The summed E-state index contributed by atoms with van der Waals surface area (Å²) in [6.45, 7) is 1.11. The van der Waals surface area contributed by atoms with Crippen LogP contribution in [0.4, 0.5) is 4.39 Å². The Morgan fingerprint density at radius 1 is 1.60 bits per heavy atom. The van der Waals surface area contributed by atoms with Gasteiger partial charge in [0.15, 0.2) is 0 Å². The van der Waals surface area contributed by atoms with Crippen LogP contribution in [0.3, 0.4) is 0 Å². The Labute approximate surface area is 122 Å². The molecule has 1 heterocycles. The fourth-order valence-electron chi connectivity index (χ4n) is 2.28. The van der Waals surface area contributed by atoms with E-state index in [-0.39, 0.29) is 23.1 Å². The summed E-state index contributed by atoms with van der Waals surface area (Å²) in [6, 6.07) is 4.74. The first-order valence-corrected chi connectivity index (χ1v) is 6.86. The highest BCUT2D eigenvalue weighted by Gasteiger charge is 2.29. The van der Waals surface area contributed by atoms with Crippen LogP contribution in [0.1, 0.15) is 24.5 Å². The maximum absolute atomic E-state index is 13.5. The van der Waals surface area contributed by atoms with Gasteiger partial charge in [0.25, 0.3) is 0 Å². The molecule has 1 N–H and O–H groups in total. The lowest BCUT2D eigenvalue weighted by Gasteiger charge is -2.20. The Morgan fingerprint density at radius 3 is 3.10 bits per heavy atom. The highest BCUT2D eigenvalue weighted by atomic mass is 35.5. The number of hydrogen-bond acceptors (Lipinski definition) is 4. The van der Waals surface area contributed by atoms with Gasteiger partial charge in [-0.15, -0.1) is 0 Å². The third kappa shape index (κ3) is 3.69. The number of ether oxygens (including phenoxy) is 2. The highest BCUT2D eigenvalue weighted by Crippen LogP contribution is 2.30. The molecule has 1 fully saturated rings. The number of rotatable bonds is 5. The molecule has 0 radical (unpaired) electrons. The quantitative estimate of drug-likeness (QED) is 0.849. The van der Waals surface area contributed by atoms with Gasteiger partial charge in [-0.05, 0) is 24.1 Å². The van der Waals surface area contributed by atoms with Gasteiger partial charge in [0.1, 0.15) is 5.82 Å². The second kappa shape index (κ2) is 7.02. The van der Waals surface area contributed by atoms with E-state index in [4.69, 9.17) is 16.3 Å². The van der Waals surface area contributed by atoms with Gasteiger partial charge in [0, 0.05) is 19.2 Å². The predicted molar refractivity (Wildman–Crippen MR) is 73.1 cm³/mol. The molecule has 0 aliphatic carbocycles. The molecule has 2 atom stereocenters. The number of carbonyl (C=O) groups excluding carboxylic acids is 1. The van der Waals surface area contributed by atoms with E-state index in [0.29, 0.717) is 19.6 Å². The number of carbonyl (C=O) groups is 1. The zero-order valence-corrected chi connectivity index (χ0v) is 12.0. The van der Waals surface area contributed by atoms with E-state index in [2.05, 4.69) is 10.1 Å². The first-order chi connectivity index (χ1) is 9.61. The van der Waals surface area contributed by atoms with E-state index >= 15 is 0 Å². The molecule has 1 saturated heterocycles. The Kier molecular flexibility index (Phi) is 5.34. The molecule has 110 valence electrons. The van der Waals surface area contributed by atoms with Crippen LogP contribution in [-0.4, -0.2) is 32.3 Å². The van der Waals surface area contributed by atoms with E-state index < -0.39 is 5.82 Å². The summed E-state index contributed by atoms with van der Waals surface area (Å²) in [5.74, 6) is -0.710. The van der Waals surface area contributed by atoms with Crippen LogP contribution < -0.4 is 5.32 Å². The Balaban J connectivity index is 1.96. The molecule has 20 heavy (non-hydrogen) atoms. The summed E-state index contributed by atoms with van der Waals surface area (Å²) >= 11 is 5.68. The molecule has 2 rings (SSSR count). The average Bonchev–Trinajstić information content (AvgIpc) is 2.90. The topological polar surface area (TPSA) is 47.6 Å². The Hall–Kier alpha value is -1.17. The maximum Gasteiger partial charge on any atom is 0.306 e. The Morgan fingerprint density at radius 2 is 2.40 bits per heavy atom. The van der Waals surface area contributed by atoms with Crippen molar-refractivity contribution in [1.82, 2.24) is 5.32 Å². The van der Waals surface area contributed by atoms with Gasteiger partial charge >= 0.3 is 5.97 Å². The summed E-state index contributed by atoms with van der Waals surface area (Å²) in [5, 5.41) is 3.35. The fourth-order valence-corrected chi connectivity index (χ4v) is 2.40. The molecule has 0 aromatic heterocycles. The molecule has 1 aliphatic heterocycles. The van der Waals surface area contributed by atoms with Crippen LogP contribution in [0.15, 0.2) is 18.2 Å². The van der Waals surface area contributed by atoms with Gasteiger partial charge in [-0.2, -0.15) is 0 Å². The van der Waals surface area contributed by atoms with Crippen molar-refractivity contribution in [3.8, 4) is 0 Å². The maximum atomic E-state index is 13.5. The molecule has 4 nitrogen and oxygen atoms in total. The second-order valence-electron chi connectivity index (χ2n) is 4.64. The third-order valence-corrected chi connectivity index (χ3v) is 3.63. The lowest BCUT2D eigenvalue weighted by atomic mass is 10.0. The molecule has 0 bridgehead atoms. The van der Waals surface area contributed by atoms with Crippen molar-refractivity contribution in [2.45, 2.75) is 25.0 Å². The number of esters is 1. The van der Waals surface area contributed by atoms with Gasteiger partial charge in [0.05, 0.1) is 24.7 Å². The second-order valence-corrected chi connectivity index (χ2v) is 5.05. The fraction of sp³-hybridized carbons (Fsp3) is 0.500. The first-order valence-electron chi connectivity index (χ1n) is 6.48. The van der Waals surface area contributed by atoms with Gasteiger partial charge in [0.2, 0.25) is 0 Å². The summed E-state index contributed by atoms with van der Waals surface area (Å²) < 4.78 is 23.7. The summed E-state index contributed by atoms with van der Waals surface area (Å²) in [5.41, 5.74) is 0.750. The van der Waals surface area contributed by atoms with Gasteiger partial charge in [-0.1, -0.05) is 17.7 Å². The van der Waals surface area contributed by atoms with Crippen LogP contribution >= 0.6 is 11.6 Å². The van der Waals surface area contributed by atoms with Crippen LogP contribution in [0.2, 0.25) is 5.02 Å². The van der Waals surface area contributed by atoms with Gasteiger partial charge in [-0.3, -0.25) is 4.79 Å². The summed E-state index contributed by atoms with van der Waals surface area (Å²) in [4.78, 5) is 11.1. The van der Waals surface area contributed by atoms with Crippen molar-refractivity contribution in [2.24, 2.45) is 0 Å². The predicted octanol–water partition coefficient (Wildman–Crippen LogP) is 2.46. The molecule has 1 aromatic rings. The smallest absolute Gasteiger partial charge is 0.306 e. The van der Waals surface area contributed by atoms with Crippen LogP contribution in [-0.2, 0) is 14.3 Å². The van der Waals surface area contributed by atoms with Crippen molar-refractivity contribution < 1.29 is 18.7 Å².